The standard InChI is InChI=1S/C18H27NO4/c1-12(2)14-8-6-13(7-9-14)10-15(16(20)21)11-19-17(22)23-18(3,4)5/h6-9,12,15H,10-11H2,1-5H3,(H,19,22)(H,20,21). The van der Waals surface area contributed by atoms with Gasteiger partial charge in [0.05, 0.1) is 5.92 Å². The van der Waals surface area contributed by atoms with Gasteiger partial charge in [-0.15, -0.1) is 0 Å². The van der Waals surface area contributed by atoms with Crippen molar-refractivity contribution in [1.82, 2.24) is 5.32 Å². The lowest BCUT2D eigenvalue weighted by atomic mass is 9.96. The average Bonchev–Trinajstić information content (AvgIpc) is 2.41. The molecule has 1 amide bonds. The molecule has 23 heavy (non-hydrogen) atoms. The van der Waals surface area contributed by atoms with Crippen molar-refractivity contribution in [2.75, 3.05) is 6.54 Å². The molecule has 0 aliphatic rings. The third-order valence-corrected chi connectivity index (χ3v) is 3.37. The minimum absolute atomic E-state index is 0.0379. The number of alkyl carbamates (subject to hydrolysis) is 1. The van der Waals surface area contributed by atoms with Crippen LogP contribution in [0.4, 0.5) is 4.79 Å². The Balaban J connectivity index is 2.62. The van der Waals surface area contributed by atoms with Crippen LogP contribution in [-0.2, 0) is 16.0 Å². The van der Waals surface area contributed by atoms with Gasteiger partial charge in [-0.1, -0.05) is 38.1 Å². The zero-order chi connectivity index (χ0) is 17.6. The first-order valence-electron chi connectivity index (χ1n) is 7.87. The van der Waals surface area contributed by atoms with E-state index in [0.29, 0.717) is 12.3 Å². The SMILES string of the molecule is CC(C)c1ccc(CC(CNC(=O)OC(C)(C)C)C(=O)O)cc1. The van der Waals surface area contributed by atoms with Gasteiger partial charge in [0.25, 0.3) is 0 Å². The quantitative estimate of drug-likeness (QED) is 0.839. The molecular weight excluding hydrogens is 294 g/mol. The van der Waals surface area contributed by atoms with Crippen LogP contribution in [0.5, 0.6) is 0 Å². The topological polar surface area (TPSA) is 75.6 Å². The predicted molar refractivity (Wildman–Crippen MR) is 89.6 cm³/mol. The normalized spacial score (nSPS) is 12.8. The van der Waals surface area contributed by atoms with Crippen LogP contribution in [0.1, 0.15) is 51.7 Å². The molecule has 0 aliphatic heterocycles. The van der Waals surface area contributed by atoms with Crippen molar-refractivity contribution >= 4 is 12.1 Å². The van der Waals surface area contributed by atoms with E-state index >= 15 is 0 Å². The molecule has 5 nitrogen and oxygen atoms in total. The Morgan fingerprint density at radius 2 is 1.74 bits per heavy atom. The smallest absolute Gasteiger partial charge is 0.407 e. The van der Waals surface area contributed by atoms with Crippen molar-refractivity contribution < 1.29 is 19.4 Å². The number of amides is 1. The Morgan fingerprint density at radius 3 is 2.17 bits per heavy atom. The molecule has 0 aromatic heterocycles. The van der Waals surface area contributed by atoms with E-state index in [1.54, 1.807) is 20.8 Å². The molecular formula is C18H27NO4. The number of carbonyl (C=O) groups excluding carboxylic acids is 1. The molecule has 128 valence electrons. The van der Waals surface area contributed by atoms with Crippen molar-refractivity contribution in [3.8, 4) is 0 Å². The zero-order valence-electron chi connectivity index (χ0n) is 14.6. The van der Waals surface area contributed by atoms with Gasteiger partial charge in [0.15, 0.2) is 0 Å². The molecule has 5 heteroatoms. The van der Waals surface area contributed by atoms with Crippen LogP contribution in [0, 0.1) is 5.92 Å². The van der Waals surface area contributed by atoms with Crippen LogP contribution in [-0.4, -0.2) is 29.3 Å². The van der Waals surface area contributed by atoms with Gasteiger partial charge in [0.1, 0.15) is 5.60 Å². The molecule has 0 aliphatic carbocycles. The van der Waals surface area contributed by atoms with Gasteiger partial charge in [-0.25, -0.2) is 4.79 Å². The van der Waals surface area contributed by atoms with Gasteiger partial charge < -0.3 is 15.2 Å². The van der Waals surface area contributed by atoms with Crippen molar-refractivity contribution in [3.63, 3.8) is 0 Å². The van der Waals surface area contributed by atoms with Crippen molar-refractivity contribution in [2.45, 2.75) is 52.6 Å². The lowest BCUT2D eigenvalue weighted by Crippen LogP contribution is -2.37. The molecule has 1 atom stereocenters. The molecule has 0 heterocycles. The number of carbonyl (C=O) groups is 2. The molecule has 0 fully saturated rings. The highest BCUT2D eigenvalue weighted by atomic mass is 16.6. The fourth-order valence-corrected chi connectivity index (χ4v) is 2.09. The predicted octanol–water partition coefficient (Wildman–Crippen LogP) is 3.58. The van der Waals surface area contributed by atoms with Crippen molar-refractivity contribution in [2.24, 2.45) is 5.92 Å². The van der Waals surface area contributed by atoms with Gasteiger partial charge in [-0.3, -0.25) is 4.79 Å². The molecule has 0 spiro atoms. The summed E-state index contributed by atoms with van der Waals surface area (Å²) in [6, 6.07) is 7.91. The van der Waals surface area contributed by atoms with Crippen LogP contribution >= 0.6 is 0 Å². The Morgan fingerprint density at radius 1 is 1.17 bits per heavy atom. The van der Waals surface area contributed by atoms with Gasteiger partial charge in [-0.05, 0) is 44.2 Å². The summed E-state index contributed by atoms with van der Waals surface area (Å²) in [6.07, 6.45) is -0.234. The first kappa shape index (κ1) is 19.0. The molecule has 1 aromatic rings. The number of carboxylic acid groups (broad SMARTS) is 1. The number of hydrogen-bond acceptors (Lipinski definition) is 3. The van der Waals surface area contributed by atoms with Crippen LogP contribution < -0.4 is 5.32 Å². The van der Waals surface area contributed by atoms with Crippen molar-refractivity contribution in [1.29, 1.82) is 0 Å². The fraction of sp³-hybridized carbons (Fsp3) is 0.556. The number of aliphatic carboxylic acids is 1. The molecule has 1 rings (SSSR count). The van der Waals surface area contributed by atoms with Gasteiger partial charge in [-0.2, -0.15) is 0 Å². The summed E-state index contributed by atoms with van der Waals surface area (Å²) < 4.78 is 5.12. The van der Waals surface area contributed by atoms with Gasteiger partial charge in [0.2, 0.25) is 0 Å². The minimum Gasteiger partial charge on any atom is -0.481 e. The number of nitrogens with one attached hydrogen (secondary N) is 1. The lowest BCUT2D eigenvalue weighted by Gasteiger charge is -2.21. The first-order valence-corrected chi connectivity index (χ1v) is 7.87. The number of carboxylic acids is 1. The van der Waals surface area contributed by atoms with Crippen LogP contribution in [0.3, 0.4) is 0 Å². The molecule has 0 bridgehead atoms. The lowest BCUT2D eigenvalue weighted by molar-refractivity contribution is -0.141. The number of hydrogen-bond donors (Lipinski definition) is 2. The third kappa shape index (κ3) is 7.17. The summed E-state index contributed by atoms with van der Waals surface area (Å²) in [7, 11) is 0. The Labute approximate surface area is 138 Å². The Kier molecular flexibility index (Phi) is 6.61. The molecule has 2 N–H and O–H groups in total. The second kappa shape index (κ2) is 7.99. The molecule has 1 aromatic carbocycles. The largest absolute Gasteiger partial charge is 0.481 e. The van der Waals surface area contributed by atoms with E-state index in [1.165, 1.54) is 5.56 Å². The second-order valence-corrected chi connectivity index (χ2v) is 7.02. The minimum atomic E-state index is -0.936. The van der Waals surface area contributed by atoms with E-state index in [4.69, 9.17) is 4.74 Å². The Hall–Kier alpha value is -2.04. The number of ether oxygens (including phenoxy) is 1. The summed E-state index contributed by atoms with van der Waals surface area (Å²) in [4.78, 5) is 23.0. The summed E-state index contributed by atoms with van der Waals surface area (Å²) in [5.74, 6) is -1.19. The molecule has 0 radical (unpaired) electrons. The average molecular weight is 321 g/mol. The van der Waals surface area contributed by atoms with E-state index in [9.17, 15) is 14.7 Å². The Bertz CT molecular complexity index is 529. The van der Waals surface area contributed by atoms with E-state index < -0.39 is 23.6 Å². The molecule has 1 unspecified atom stereocenters. The van der Waals surface area contributed by atoms with Crippen LogP contribution in [0.25, 0.3) is 0 Å². The van der Waals surface area contributed by atoms with Gasteiger partial charge >= 0.3 is 12.1 Å². The number of benzene rings is 1. The summed E-state index contributed by atoms with van der Waals surface area (Å²) in [5.41, 5.74) is 1.55. The van der Waals surface area contributed by atoms with E-state index in [1.807, 2.05) is 24.3 Å². The fourth-order valence-electron chi connectivity index (χ4n) is 2.09. The molecule has 0 saturated carbocycles. The highest BCUT2D eigenvalue weighted by Crippen LogP contribution is 2.17. The maximum absolute atomic E-state index is 11.6. The third-order valence-electron chi connectivity index (χ3n) is 3.37. The van der Waals surface area contributed by atoms with Gasteiger partial charge in [0, 0.05) is 6.54 Å². The summed E-state index contributed by atoms with van der Waals surface area (Å²) >= 11 is 0. The summed E-state index contributed by atoms with van der Waals surface area (Å²) in [5, 5.41) is 11.9. The highest BCUT2D eigenvalue weighted by molar-refractivity contribution is 5.73. The highest BCUT2D eigenvalue weighted by Gasteiger charge is 2.21. The first-order chi connectivity index (χ1) is 10.6. The van der Waals surface area contributed by atoms with E-state index in [2.05, 4.69) is 19.2 Å². The number of rotatable bonds is 6. The zero-order valence-corrected chi connectivity index (χ0v) is 14.6. The van der Waals surface area contributed by atoms with Crippen LogP contribution in [0.15, 0.2) is 24.3 Å². The maximum atomic E-state index is 11.6. The molecule has 0 saturated heterocycles. The monoisotopic (exact) mass is 321 g/mol. The summed E-state index contributed by atoms with van der Waals surface area (Å²) in [6.45, 7) is 9.54. The van der Waals surface area contributed by atoms with Crippen molar-refractivity contribution in [3.05, 3.63) is 35.4 Å². The second-order valence-electron chi connectivity index (χ2n) is 7.02. The maximum Gasteiger partial charge on any atom is 0.407 e. The van der Waals surface area contributed by atoms with E-state index in [-0.39, 0.29) is 6.54 Å². The van der Waals surface area contributed by atoms with E-state index in [0.717, 1.165) is 5.56 Å². The van der Waals surface area contributed by atoms with Crippen LogP contribution in [0.2, 0.25) is 0 Å².